The molecule has 3 N–H and O–H groups in total. The molecule has 2 aromatic carbocycles. The molecular formula is C43H50F2N8O5. The molecule has 9 rings (SSSR count). The number of aliphatic imine (C=N–C) groups is 1. The minimum Gasteiger partial charge on any atom is -0.491 e. The van der Waals surface area contributed by atoms with Crippen LogP contribution in [-0.4, -0.2) is 113 Å². The van der Waals surface area contributed by atoms with Crippen molar-refractivity contribution in [1.29, 1.82) is 0 Å². The molecule has 0 radical (unpaired) electrons. The highest BCUT2D eigenvalue weighted by molar-refractivity contribution is 6.06. The van der Waals surface area contributed by atoms with E-state index in [1.807, 2.05) is 29.2 Å². The van der Waals surface area contributed by atoms with E-state index in [2.05, 4.69) is 36.3 Å². The number of halogens is 2. The zero-order valence-electron chi connectivity index (χ0n) is 32.9. The fourth-order valence-corrected chi connectivity index (χ4v) is 9.68. The third-order valence-electron chi connectivity index (χ3n) is 12.9. The van der Waals surface area contributed by atoms with Crippen LogP contribution in [0.2, 0.25) is 0 Å². The summed E-state index contributed by atoms with van der Waals surface area (Å²) >= 11 is 0. The van der Waals surface area contributed by atoms with E-state index in [0.29, 0.717) is 34.5 Å². The molecular weight excluding hydrogens is 747 g/mol. The average Bonchev–Trinajstić information content (AvgIpc) is 3.81. The highest BCUT2D eigenvalue weighted by atomic mass is 19.1. The number of hydrogen-bond donors (Lipinski definition) is 3. The van der Waals surface area contributed by atoms with Gasteiger partial charge < -0.3 is 25.0 Å². The molecule has 1 aromatic heterocycles. The summed E-state index contributed by atoms with van der Waals surface area (Å²) in [5.41, 5.74) is 1.35. The molecule has 1 aliphatic carbocycles. The van der Waals surface area contributed by atoms with Crippen molar-refractivity contribution in [3.05, 3.63) is 77.2 Å². The predicted octanol–water partition coefficient (Wildman–Crippen LogP) is 4.53. The van der Waals surface area contributed by atoms with Gasteiger partial charge in [-0.05, 0) is 82.4 Å². The number of anilines is 2. The Labute approximate surface area is 335 Å². The van der Waals surface area contributed by atoms with Gasteiger partial charge in [-0.1, -0.05) is 0 Å². The number of rotatable bonds is 9. The smallest absolute Gasteiger partial charge is 0.257 e. The highest BCUT2D eigenvalue weighted by Crippen LogP contribution is 2.38. The summed E-state index contributed by atoms with van der Waals surface area (Å²) in [6.07, 6.45) is 13.0. The van der Waals surface area contributed by atoms with Gasteiger partial charge in [0.1, 0.15) is 23.8 Å². The summed E-state index contributed by atoms with van der Waals surface area (Å²) in [4.78, 5) is 48.7. The quantitative estimate of drug-likeness (QED) is 0.266. The third-order valence-corrected chi connectivity index (χ3v) is 12.9. The van der Waals surface area contributed by atoms with Crippen LogP contribution in [0.15, 0.2) is 59.4 Å². The van der Waals surface area contributed by atoms with E-state index in [-0.39, 0.29) is 36.5 Å². The molecule has 0 bridgehead atoms. The minimum atomic E-state index is -1.22. The molecule has 2 unspecified atom stereocenters. The lowest BCUT2D eigenvalue weighted by atomic mass is 9.89. The van der Waals surface area contributed by atoms with Crippen molar-refractivity contribution in [2.75, 3.05) is 56.0 Å². The van der Waals surface area contributed by atoms with Gasteiger partial charge in [0.2, 0.25) is 11.8 Å². The number of piperidine rings is 1. The molecule has 13 nitrogen and oxygen atoms in total. The first-order chi connectivity index (χ1) is 27.9. The fourth-order valence-electron chi connectivity index (χ4n) is 9.68. The molecule has 4 fully saturated rings. The lowest BCUT2D eigenvalue weighted by Gasteiger charge is -2.46. The van der Waals surface area contributed by atoms with Gasteiger partial charge in [0.15, 0.2) is 0 Å². The number of nitrogens with one attached hydrogen (secondary N) is 2. The van der Waals surface area contributed by atoms with Gasteiger partial charge in [-0.25, -0.2) is 8.78 Å². The molecule has 3 atom stereocenters. The number of aliphatic hydroxyl groups is 1. The third kappa shape index (κ3) is 7.55. The number of aromatic nitrogens is 2. The van der Waals surface area contributed by atoms with Gasteiger partial charge in [-0.3, -0.25) is 34.3 Å². The predicted molar refractivity (Wildman–Crippen MR) is 214 cm³/mol. The molecule has 58 heavy (non-hydrogen) atoms. The number of carbonyl (C=O) groups excluding carboxylic acids is 3. The van der Waals surface area contributed by atoms with Gasteiger partial charge >= 0.3 is 0 Å². The number of ether oxygens (including phenoxy) is 1. The molecule has 5 aliphatic heterocycles. The van der Waals surface area contributed by atoms with Gasteiger partial charge in [-0.15, -0.1) is 0 Å². The van der Waals surface area contributed by atoms with E-state index in [0.717, 1.165) is 82.4 Å². The molecule has 6 heterocycles. The van der Waals surface area contributed by atoms with Crippen LogP contribution >= 0.6 is 0 Å². The zero-order valence-corrected chi connectivity index (χ0v) is 32.9. The fraction of sp³-hybridized carbons (Fsp3) is 0.512. The van der Waals surface area contributed by atoms with Crippen LogP contribution < -0.4 is 15.5 Å². The normalized spacial score (nSPS) is 26.9. The Morgan fingerprint density at radius 2 is 1.72 bits per heavy atom. The Bertz CT molecular complexity index is 2190. The number of hydrogen-bond acceptors (Lipinski definition) is 10. The van der Waals surface area contributed by atoms with E-state index in [1.54, 1.807) is 20.1 Å². The number of carbonyl (C=O) groups is 3. The summed E-state index contributed by atoms with van der Waals surface area (Å²) < 4.78 is 37.9. The number of piperazine rings is 1. The zero-order chi connectivity index (χ0) is 40.3. The van der Waals surface area contributed by atoms with Crippen LogP contribution in [0.25, 0.3) is 10.9 Å². The summed E-state index contributed by atoms with van der Waals surface area (Å²) in [5, 5.41) is 22.2. The first-order valence-electron chi connectivity index (χ1n) is 20.5. The van der Waals surface area contributed by atoms with Crippen molar-refractivity contribution in [2.45, 2.75) is 88.1 Å². The van der Waals surface area contributed by atoms with Crippen LogP contribution in [0.1, 0.15) is 75.5 Å². The number of benzene rings is 2. The topological polar surface area (TPSA) is 145 Å². The number of nitrogens with zero attached hydrogens (tertiary/aromatic N) is 6. The van der Waals surface area contributed by atoms with Gasteiger partial charge in [0.25, 0.3) is 5.91 Å². The largest absolute Gasteiger partial charge is 0.491 e. The maximum absolute atomic E-state index is 15.1. The van der Waals surface area contributed by atoms with E-state index in [9.17, 15) is 19.5 Å². The molecule has 3 aromatic rings. The van der Waals surface area contributed by atoms with Gasteiger partial charge in [0.05, 0.1) is 34.9 Å². The number of allylic oxidation sites excluding steroid dienone is 1. The van der Waals surface area contributed by atoms with Crippen LogP contribution in [0.4, 0.5) is 20.2 Å². The minimum absolute atomic E-state index is 0.0651. The van der Waals surface area contributed by atoms with Crippen LogP contribution in [0.5, 0.6) is 0 Å². The van der Waals surface area contributed by atoms with Crippen molar-refractivity contribution in [3.8, 4) is 0 Å². The Morgan fingerprint density at radius 1 is 1.00 bits per heavy atom. The SMILES string of the molecule is CC(C)(O)c1cc2nn(C3CCC(N4CCN(CC5CN(c6cc(F)c([C@H]7CCC(=O)NC7=O)c(F)c6)C5)CC4)CC3)cc2cc1NC(=O)C1=COC2C=CC=NC12. The lowest BCUT2D eigenvalue weighted by molar-refractivity contribution is -0.134. The number of fused-ring (bicyclic) bond motifs is 2. The first-order valence-corrected chi connectivity index (χ1v) is 20.5. The summed E-state index contributed by atoms with van der Waals surface area (Å²) in [6, 6.07) is 6.80. The maximum atomic E-state index is 15.1. The molecule has 15 heteroatoms. The second kappa shape index (κ2) is 15.3. The van der Waals surface area contributed by atoms with Gasteiger partial charge in [0, 0.05) is 104 Å². The monoisotopic (exact) mass is 796 g/mol. The van der Waals surface area contributed by atoms with E-state index in [4.69, 9.17) is 9.84 Å². The Kier molecular flexibility index (Phi) is 10.2. The Balaban J connectivity index is 0.754. The van der Waals surface area contributed by atoms with Gasteiger partial charge in [-0.2, -0.15) is 5.10 Å². The second-order valence-electron chi connectivity index (χ2n) is 17.3. The standard InChI is InChI=1S/C43H50F2N8O5/c1-43(2,57)32-19-35-26(16-36(32)47-42(56)31-24-58-37-4-3-11-46-40(31)37)23-53(49-35)28-7-5-27(6-8-28)51-14-12-50(13-15-51)20-25-21-52(22-25)29-17-33(44)39(34(45)18-29)30-9-10-38(54)48-41(30)55/h3-4,11,16-19,23-25,27-28,30,37,40,57H,5-10,12-15,20-22H2,1-2H3,(H,47,56)(H,48,54,55)/t27?,28?,30-,37?,40?/m1/s1. The first kappa shape index (κ1) is 38.5. The molecule has 6 aliphatic rings. The Hall–Kier alpha value is -4.99. The summed E-state index contributed by atoms with van der Waals surface area (Å²) in [7, 11) is 0. The van der Waals surface area contributed by atoms with Crippen molar-refractivity contribution < 1.29 is 33.0 Å². The molecule has 0 spiro atoms. The number of dihydropyridines is 1. The van der Waals surface area contributed by atoms with E-state index >= 15 is 8.78 Å². The van der Waals surface area contributed by atoms with Crippen LogP contribution in [-0.2, 0) is 24.7 Å². The van der Waals surface area contributed by atoms with Crippen molar-refractivity contribution in [1.82, 2.24) is 24.9 Å². The van der Waals surface area contributed by atoms with E-state index < -0.39 is 41.0 Å². The van der Waals surface area contributed by atoms with Crippen LogP contribution in [0, 0.1) is 17.6 Å². The lowest BCUT2D eigenvalue weighted by Crippen LogP contribution is -2.56. The second-order valence-corrected chi connectivity index (χ2v) is 17.3. The summed E-state index contributed by atoms with van der Waals surface area (Å²) in [6.45, 7) is 9.80. The number of imide groups is 1. The summed E-state index contributed by atoms with van der Waals surface area (Å²) in [5.74, 6) is -3.44. The van der Waals surface area contributed by atoms with E-state index in [1.165, 1.54) is 18.4 Å². The van der Waals surface area contributed by atoms with Crippen molar-refractivity contribution in [2.24, 2.45) is 10.9 Å². The highest BCUT2D eigenvalue weighted by Gasteiger charge is 2.38. The average molecular weight is 797 g/mol. The Morgan fingerprint density at radius 3 is 2.43 bits per heavy atom. The maximum Gasteiger partial charge on any atom is 0.257 e. The van der Waals surface area contributed by atoms with Crippen molar-refractivity contribution >= 4 is 46.2 Å². The molecule has 3 amide bonds. The molecule has 306 valence electrons. The molecule has 1 saturated carbocycles. The van der Waals surface area contributed by atoms with Crippen LogP contribution in [0.3, 0.4) is 0 Å². The molecule has 3 saturated heterocycles. The number of amides is 3. The van der Waals surface area contributed by atoms with Crippen molar-refractivity contribution in [3.63, 3.8) is 0 Å².